The van der Waals surface area contributed by atoms with E-state index in [1.807, 2.05) is 4.68 Å². The molecule has 1 aromatic heterocycles. The van der Waals surface area contributed by atoms with Crippen molar-refractivity contribution in [2.24, 2.45) is 4.99 Å². The molecule has 0 aliphatic carbocycles. The van der Waals surface area contributed by atoms with Crippen LogP contribution in [0.1, 0.15) is 29.2 Å². The van der Waals surface area contributed by atoms with Crippen LogP contribution < -0.4 is 15.4 Å². The molecule has 12 heteroatoms. The molecule has 172 valence electrons. The van der Waals surface area contributed by atoms with E-state index >= 15 is 0 Å². The van der Waals surface area contributed by atoms with Gasteiger partial charge in [0.25, 0.3) is 0 Å². The van der Waals surface area contributed by atoms with Crippen LogP contribution in [0.25, 0.3) is 0 Å². The van der Waals surface area contributed by atoms with Crippen LogP contribution in [-0.2, 0) is 37.0 Å². The number of nitrogens with one attached hydrogen (secondary N) is 2. The summed E-state index contributed by atoms with van der Waals surface area (Å²) >= 11 is 0. The normalized spacial score (nSPS) is 16.3. The SMILES string of the molecule is CN=C(NCc1ccc(OC)cc1C(F)(F)F)NC1CCc2nc(COC)nn2C1.I. The second kappa shape index (κ2) is 11.0. The van der Waals surface area contributed by atoms with Gasteiger partial charge in [-0.2, -0.15) is 18.3 Å². The van der Waals surface area contributed by atoms with Crippen molar-refractivity contribution in [1.82, 2.24) is 25.4 Å². The van der Waals surface area contributed by atoms with Crippen LogP contribution in [0.2, 0.25) is 0 Å². The number of guanidine groups is 1. The van der Waals surface area contributed by atoms with Gasteiger partial charge in [-0.3, -0.25) is 4.99 Å². The number of methoxy groups -OCH3 is 2. The smallest absolute Gasteiger partial charge is 0.416 e. The first kappa shape index (κ1) is 25.2. The van der Waals surface area contributed by atoms with Crippen LogP contribution >= 0.6 is 24.0 Å². The second-order valence-electron chi connectivity index (χ2n) is 6.89. The van der Waals surface area contributed by atoms with Crippen LogP contribution in [0.15, 0.2) is 23.2 Å². The van der Waals surface area contributed by atoms with Crippen LogP contribution in [0, 0.1) is 0 Å². The van der Waals surface area contributed by atoms with Gasteiger partial charge in [0.2, 0.25) is 0 Å². The van der Waals surface area contributed by atoms with Gasteiger partial charge < -0.3 is 20.1 Å². The molecule has 0 amide bonds. The number of fused-ring (bicyclic) bond motifs is 1. The Morgan fingerprint density at radius 3 is 2.74 bits per heavy atom. The molecule has 2 heterocycles. The number of alkyl halides is 3. The molecule has 8 nitrogen and oxygen atoms in total. The van der Waals surface area contributed by atoms with Crippen molar-refractivity contribution in [3.63, 3.8) is 0 Å². The average Bonchev–Trinajstić information content (AvgIpc) is 3.12. The highest BCUT2D eigenvalue weighted by atomic mass is 127. The highest BCUT2D eigenvalue weighted by Gasteiger charge is 2.33. The molecular formula is C19H26F3IN6O2. The van der Waals surface area contributed by atoms with E-state index in [2.05, 4.69) is 25.7 Å². The van der Waals surface area contributed by atoms with Crippen LogP contribution in [0.3, 0.4) is 0 Å². The first-order valence-electron chi connectivity index (χ1n) is 9.47. The van der Waals surface area contributed by atoms with Crippen molar-refractivity contribution in [2.45, 2.75) is 44.8 Å². The van der Waals surface area contributed by atoms with Gasteiger partial charge in [0.15, 0.2) is 11.8 Å². The number of hydrogen-bond donors (Lipinski definition) is 2. The Morgan fingerprint density at radius 1 is 1.32 bits per heavy atom. The van der Waals surface area contributed by atoms with E-state index in [0.29, 0.717) is 24.9 Å². The van der Waals surface area contributed by atoms with E-state index in [0.717, 1.165) is 24.7 Å². The maximum absolute atomic E-state index is 13.4. The molecule has 31 heavy (non-hydrogen) atoms. The number of aromatic nitrogens is 3. The maximum Gasteiger partial charge on any atom is 0.416 e. The summed E-state index contributed by atoms with van der Waals surface area (Å²) in [5.74, 6) is 2.11. The molecule has 1 atom stereocenters. The fraction of sp³-hybridized carbons (Fsp3) is 0.526. The molecule has 2 N–H and O–H groups in total. The van der Waals surface area contributed by atoms with E-state index in [1.54, 1.807) is 14.2 Å². The number of aliphatic imine (C=N–C) groups is 1. The lowest BCUT2D eigenvalue weighted by Crippen LogP contribution is -2.47. The van der Waals surface area contributed by atoms with Crippen molar-refractivity contribution in [1.29, 1.82) is 0 Å². The van der Waals surface area contributed by atoms with Gasteiger partial charge in [-0.25, -0.2) is 9.67 Å². The minimum atomic E-state index is -4.48. The Labute approximate surface area is 195 Å². The maximum atomic E-state index is 13.4. The Hall–Kier alpha value is -2.09. The third-order valence-electron chi connectivity index (χ3n) is 4.81. The molecule has 0 fully saturated rings. The molecule has 0 radical (unpaired) electrons. The highest BCUT2D eigenvalue weighted by Crippen LogP contribution is 2.34. The molecule has 1 aromatic carbocycles. The lowest BCUT2D eigenvalue weighted by Gasteiger charge is -2.25. The number of benzene rings is 1. The zero-order valence-electron chi connectivity index (χ0n) is 17.5. The van der Waals surface area contributed by atoms with Crippen molar-refractivity contribution in [2.75, 3.05) is 21.3 Å². The third-order valence-corrected chi connectivity index (χ3v) is 4.81. The van der Waals surface area contributed by atoms with E-state index in [9.17, 15) is 13.2 Å². The summed E-state index contributed by atoms with van der Waals surface area (Å²) in [5, 5.41) is 10.6. The zero-order valence-corrected chi connectivity index (χ0v) is 19.8. The molecular weight excluding hydrogens is 528 g/mol. The fourth-order valence-electron chi connectivity index (χ4n) is 3.34. The molecule has 0 spiro atoms. The summed E-state index contributed by atoms with van der Waals surface area (Å²) in [6.07, 6.45) is -2.93. The molecule has 1 aliphatic heterocycles. The standard InChI is InChI=1S/C19H25F3N6O2.HI/c1-23-18(24-9-12-4-6-14(30-3)8-15(12)19(20,21)22)25-13-5-7-17-26-16(11-29-2)27-28(17)10-13;/h4,6,8,13H,5,7,9-11H2,1-3H3,(H2,23,24,25);1H. The number of nitrogens with zero attached hydrogens (tertiary/aromatic N) is 4. The topological polar surface area (TPSA) is 85.6 Å². The number of ether oxygens (including phenoxy) is 2. The van der Waals surface area contributed by atoms with Crippen molar-refractivity contribution < 1.29 is 22.6 Å². The molecule has 0 saturated carbocycles. The predicted octanol–water partition coefficient (Wildman–Crippen LogP) is 2.75. The number of rotatable bonds is 6. The quantitative estimate of drug-likeness (QED) is 0.325. The molecule has 2 aromatic rings. The Morgan fingerprint density at radius 2 is 2.10 bits per heavy atom. The summed E-state index contributed by atoms with van der Waals surface area (Å²) in [4.78, 5) is 8.57. The average molecular weight is 554 g/mol. The monoisotopic (exact) mass is 554 g/mol. The van der Waals surface area contributed by atoms with Crippen molar-refractivity contribution in [3.05, 3.63) is 41.0 Å². The van der Waals surface area contributed by atoms with Gasteiger partial charge in [0.05, 0.1) is 19.2 Å². The van der Waals surface area contributed by atoms with Crippen molar-refractivity contribution >= 4 is 29.9 Å². The minimum Gasteiger partial charge on any atom is -0.497 e. The Kier molecular flexibility index (Phi) is 8.91. The van der Waals surface area contributed by atoms with E-state index < -0.39 is 11.7 Å². The van der Waals surface area contributed by atoms with Gasteiger partial charge in [-0.15, -0.1) is 24.0 Å². The zero-order chi connectivity index (χ0) is 21.7. The lowest BCUT2D eigenvalue weighted by atomic mass is 10.1. The Bertz CT molecular complexity index is 903. The van der Waals surface area contributed by atoms with E-state index in [-0.39, 0.29) is 47.9 Å². The van der Waals surface area contributed by atoms with E-state index in [1.165, 1.54) is 19.2 Å². The molecule has 1 aliphatic rings. The van der Waals surface area contributed by atoms with Gasteiger partial charge in [-0.05, 0) is 24.1 Å². The summed E-state index contributed by atoms with van der Waals surface area (Å²) in [7, 11) is 4.50. The molecule has 0 saturated heterocycles. The molecule has 0 bridgehead atoms. The summed E-state index contributed by atoms with van der Waals surface area (Å²) in [6, 6.07) is 3.94. The third kappa shape index (κ3) is 6.45. The van der Waals surface area contributed by atoms with Gasteiger partial charge >= 0.3 is 6.18 Å². The summed E-state index contributed by atoms with van der Waals surface area (Å²) < 4.78 is 52.0. The summed E-state index contributed by atoms with van der Waals surface area (Å²) in [6.45, 7) is 0.908. The number of aryl methyl sites for hydroxylation is 1. The van der Waals surface area contributed by atoms with E-state index in [4.69, 9.17) is 9.47 Å². The van der Waals surface area contributed by atoms with Gasteiger partial charge in [0.1, 0.15) is 18.2 Å². The van der Waals surface area contributed by atoms with Crippen LogP contribution in [0.4, 0.5) is 13.2 Å². The van der Waals surface area contributed by atoms with Crippen molar-refractivity contribution in [3.8, 4) is 5.75 Å². The highest BCUT2D eigenvalue weighted by molar-refractivity contribution is 14.0. The lowest BCUT2D eigenvalue weighted by molar-refractivity contribution is -0.138. The predicted molar refractivity (Wildman–Crippen MR) is 120 cm³/mol. The summed E-state index contributed by atoms with van der Waals surface area (Å²) in [5.41, 5.74) is -0.627. The number of halogens is 4. The molecule has 1 unspecified atom stereocenters. The minimum absolute atomic E-state index is 0. The second-order valence-corrected chi connectivity index (χ2v) is 6.89. The van der Waals surface area contributed by atoms with Crippen LogP contribution in [0.5, 0.6) is 5.75 Å². The fourth-order valence-corrected chi connectivity index (χ4v) is 3.34. The van der Waals surface area contributed by atoms with Gasteiger partial charge in [-0.1, -0.05) is 6.07 Å². The molecule has 3 rings (SSSR count). The van der Waals surface area contributed by atoms with Gasteiger partial charge in [0, 0.05) is 33.2 Å². The first-order valence-corrected chi connectivity index (χ1v) is 9.47. The largest absolute Gasteiger partial charge is 0.497 e. The Balaban J connectivity index is 0.00000341. The van der Waals surface area contributed by atoms with Crippen LogP contribution in [-0.4, -0.2) is 48.0 Å². The first-order chi connectivity index (χ1) is 14.3. The number of hydrogen-bond acceptors (Lipinski definition) is 5.